The van der Waals surface area contributed by atoms with Crippen molar-refractivity contribution >= 4 is 66.7 Å². The number of carbonyl (C=O) groups is 2. The van der Waals surface area contributed by atoms with Crippen LogP contribution in [0.4, 0.5) is 11.4 Å². The van der Waals surface area contributed by atoms with E-state index in [0.29, 0.717) is 17.0 Å². The monoisotopic (exact) mass is 871 g/mol. The van der Waals surface area contributed by atoms with E-state index in [-0.39, 0.29) is 43.1 Å². The summed E-state index contributed by atoms with van der Waals surface area (Å²) in [5.74, 6) is -0.00406. The number of anilines is 1. The number of benzene rings is 3. The molecule has 0 N–H and O–H groups in total. The van der Waals surface area contributed by atoms with E-state index in [1.807, 2.05) is 48.9 Å². The first-order valence-corrected chi connectivity index (χ1v) is 15.3. The Balaban J connectivity index is 0.000000208. The minimum atomic E-state index is -0.357. The molecule has 6 rings (SSSR count). The predicted octanol–water partition coefficient (Wildman–Crippen LogP) is 8.15. The van der Waals surface area contributed by atoms with Gasteiger partial charge in [0.05, 0.1) is 0 Å². The van der Waals surface area contributed by atoms with Gasteiger partial charge in [-0.15, -0.1) is 23.0 Å². The summed E-state index contributed by atoms with van der Waals surface area (Å²) >= 11 is 8.31. The molecule has 2 unspecified atom stereocenters. The van der Waals surface area contributed by atoms with E-state index in [0.717, 1.165) is 43.9 Å². The first-order valence-electron chi connectivity index (χ1n) is 12.9. The summed E-state index contributed by atoms with van der Waals surface area (Å²) in [4.78, 5) is 31.8. The molecule has 41 heavy (non-hydrogen) atoms. The Morgan fingerprint density at radius 3 is 2.39 bits per heavy atom. The maximum Gasteiger partial charge on any atom is 3.00 e. The average molecular weight is 873 g/mol. The van der Waals surface area contributed by atoms with Crippen molar-refractivity contribution in [3.63, 3.8) is 0 Å². The van der Waals surface area contributed by atoms with E-state index in [4.69, 9.17) is 10.1 Å². The van der Waals surface area contributed by atoms with Crippen LogP contribution in [-0.4, -0.2) is 30.2 Å². The van der Waals surface area contributed by atoms with Crippen LogP contribution in [0.3, 0.4) is 0 Å². The van der Waals surface area contributed by atoms with Crippen molar-refractivity contribution in [1.82, 2.24) is 4.98 Å². The molecule has 0 aliphatic carbocycles. The molecule has 0 radical (unpaired) electrons. The van der Waals surface area contributed by atoms with Crippen molar-refractivity contribution in [3.8, 4) is 5.75 Å². The number of hydrogen-bond acceptors (Lipinski definition) is 5. The van der Waals surface area contributed by atoms with E-state index in [1.165, 1.54) is 0 Å². The van der Waals surface area contributed by atoms with Crippen molar-refractivity contribution in [3.05, 3.63) is 116 Å². The Morgan fingerprint density at radius 2 is 1.73 bits per heavy atom. The van der Waals surface area contributed by atoms with Gasteiger partial charge in [-0.05, 0) is 43.0 Å². The fraction of sp³-hybridized carbons (Fsp3) is 0.194. The number of halogens is 2. The van der Waals surface area contributed by atoms with Crippen LogP contribution in [0, 0.1) is 12.3 Å². The normalized spacial score (nSPS) is 16.4. The zero-order valence-electron chi connectivity index (χ0n) is 22.2. The van der Waals surface area contributed by atoms with Crippen molar-refractivity contribution in [2.75, 3.05) is 18.0 Å². The molecule has 4 aromatic rings. The van der Waals surface area contributed by atoms with Gasteiger partial charge >= 0.3 is 20.1 Å². The molecule has 0 spiro atoms. The fourth-order valence-corrected chi connectivity index (χ4v) is 7.00. The summed E-state index contributed by atoms with van der Waals surface area (Å²) in [7, 11) is 0. The third kappa shape index (κ3) is 7.30. The number of para-hydroxylation sites is 1. The average Bonchev–Trinajstić information content (AvgIpc) is 3.63. The zero-order chi connectivity index (χ0) is 28.2. The van der Waals surface area contributed by atoms with Crippen LogP contribution < -0.4 is 14.6 Å². The number of fused-ring (bicyclic) bond motifs is 2. The maximum atomic E-state index is 12.6. The van der Waals surface area contributed by atoms with Gasteiger partial charge in [0.2, 0.25) is 0 Å². The number of thioether (sulfide) groups is 1. The van der Waals surface area contributed by atoms with Gasteiger partial charge in [-0.3, -0.25) is 9.59 Å². The summed E-state index contributed by atoms with van der Waals surface area (Å²) in [5.41, 5.74) is 4.10. The molecular formula is C31H26Br2IrN3O3S. The molecule has 0 saturated heterocycles. The Morgan fingerprint density at radius 1 is 1.00 bits per heavy atom. The molecule has 2 aliphatic heterocycles. The molecule has 2 atom stereocenters. The number of esters is 1. The molecule has 0 amide bonds. The zero-order valence-corrected chi connectivity index (χ0v) is 28.6. The van der Waals surface area contributed by atoms with Crippen molar-refractivity contribution in [2.24, 2.45) is 5.92 Å². The number of carbonyl (C=O) groups excluding carboxylic acids is 2. The van der Waals surface area contributed by atoms with Crippen LogP contribution in [-0.2, 0) is 24.9 Å². The number of ketones is 1. The van der Waals surface area contributed by atoms with Gasteiger partial charge in [0.1, 0.15) is 0 Å². The van der Waals surface area contributed by atoms with E-state index < -0.39 is 0 Å². The molecular weight excluding hydrogens is 846 g/mol. The quantitative estimate of drug-likeness (QED) is 0.0844. The first kappa shape index (κ1) is 31.4. The maximum absolute atomic E-state index is 12.6. The Labute approximate surface area is 274 Å². The second-order valence-electron chi connectivity index (χ2n) is 9.12. The largest absolute Gasteiger partial charge is 3.00 e. The topological polar surface area (TPSA) is 74.8 Å². The second-order valence-corrected chi connectivity index (χ2v) is 12.1. The number of rotatable bonds is 6. The van der Waals surface area contributed by atoms with Gasteiger partial charge in [0, 0.05) is 45.0 Å². The molecule has 2 aliphatic rings. The van der Waals surface area contributed by atoms with Crippen LogP contribution in [0.2, 0.25) is 0 Å². The molecule has 1 aromatic heterocycles. The molecule has 0 bridgehead atoms. The van der Waals surface area contributed by atoms with E-state index in [1.54, 1.807) is 42.2 Å². The second kappa shape index (κ2) is 14.1. The number of ether oxygens (including phenoxy) is 1. The molecule has 0 saturated carbocycles. The standard InChI is InChI=1S/C20H20N2O2S.C11H7Br2NO.Ir/c1-3-22(4-2)14-10-9-13-11-15(20(23)24-17(13)12-14)19-21-16-7-5-6-8-18(16)25-19;12-8-4-7(5-9(13)6-8)11(15)10-2-1-3-14-10;/h5-12,15,19H,3-4H2,1-2H3;1-6H,(H,14,15);/q-2;;+3/p-1. The molecule has 10 heteroatoms. The summed E-state index contributed by atoms with van der Waals surface area (Å²) in [5, 5.41) is 4.54. The third-order valence-corrected chi connectivity index (χ3v) is 8.72. The van der Waals surface area contributed by atoms with Crippen LogP contribution in [0.1, 0.15) is 35.5 Å². The molecule has 212 valence electrons. The van der Waals surface area contributed by atoms with E-state index >= 15 is 0 Å². The predicted molar refractivity (Wildman–Crippen MR) is 167 cm³/mol. The number of nitrogens with zero attached hydrogens (tertiary/aromatic N) is 3. The first-order chi connectivity index (χ1) is 19.4. The van der Waals surface area contributed by atoms with Crippen LogP contribution >= 0.6 is 43.6 Å². The summed E-state index contributed by atoms with van der Waals surface area (Å²) < 4.78 is 7.40. The molecule has 0 fully saturated rings. The molecule has 3 aromatic carbocycles. The number of aromatic nitrogens is 1. The van der Waals surface area contributed by atoms with Gasteiger partial charge in [-0.25, -0.2) is 0 Å². The summed E-state index contributed by atoms with van der Waals surface area (Å²) in [6, 6.07) is 23.0. The smallest absolute Gasteiger partial charge is 0.672 e. The number of hydrogen-bond donors (Lipinski definition) is 0. The van der Waals surface area contributed by atoms with Crippen molar-refractivity contribution in [1.29, 1.82) is 0 Å². The Kier molecular flexibility index (Phi) is 10.8. The van der Waals surface area contributed by atoms with Gasteiger partial charge in [-0.2, -0.15) is 18.7 Å². The van der Waals surface area contributed by atoms with Crippen LogP contribution in [0.25, 0.3) is 5.32 Å². The molecule has 6 nitrogen and oxygen atoms in total. The fourth-order valence-electron chi connectivity index (χ4n) is 4.55. The summed E-state index contributed by atoms with van der Waals surface area (Å²) in [6.45, 7) is 6.08. The Bertz CT molecular complexity index is 1480. The van der Waals surface area contributed by atoms with E-state index in [9.17, 15) is 9.59 Å². The third-order valence-electron chi connectivity index (χ3n) is 6.57. The Hall–Kier alpha value is -2.49. The molecule has 3 heterocycles. The SMILES string of the molecule is CCN(CC)c1ccc2c(c1)OC(=O)C(C1[N-]c3ccccc3S1)[CH-]2.O=C(c1cc(Br)cc(Br)c1)c1ccc[n-]1.[Ir+3]. The van der Waals surface area contributed by atoms with Gasteiger partial charge in [-0.1, -0.05) is 85.4 Å². The van der Waals surface area contributed by atoms with Crippen LogP contribution in [0.15, 0.2) is 92.8 Å². The van der Waals surface area contributed by atoms with Crippen LogP contribution in [0.5, 0.6) is 5.75 Å². The van der Waals surface area contributed by atoms with Gasteiger partial charge < -0.3 is 19.9 Å². The van der Waals surface area contributed by atoms with Crippen molar-refractivity contribution in [2.45, 2.75) is 24.1 Å². The van der Waals surface area contributed by atoms with E-state index in [2.05, 4.69) is 61.7 Å². The van der Waals surface area contributed by atoms with Crippen molar-refractivity contribution < 1.29 is 34.4 Å². The van der Waals surface area contributed by atoms with Gasteiger partial charge in [0.25, 0.3) is 5.97 Å². The minimum absolute atomic E-state index is 0. The van der Waals surface area contributed by atoms with Gasteiger partial charge in [0.15, 0.2) is 5.78 Å². The minimum Gasteiger partial charge on any atom is -0.672 e. The summed E-state index contributed by atoms with van der Waals surface area (Å²) in [6.07, 6.45) is 3.61.